The largest absolute Gasteiger partial charge is 0.324 e. The molecule has 29 heavy (non-hydrogen) atoms. The van der Waals surface area contributed by atoms with E-state index in [2.05, 4.69) is 27.2 Å². The van der Waals surface area contributed by atoms with Gasteiger partial charge in [0.1, 0.15) is 11.2 Å². The van der Waals surface area contributed by atoms with Gasteiger partial charge in [-0.1, -0.05) is 13.3 Å². The van der Waals surface area contributed by atoms with Gasteiger partial charge in [-0.3, -0.25) is 9.36 Å². The van der Waals surface area contributed by atoms with E-state index in [1.807, 2.05) is 0 Å². The number of hydrogen-bond acceptors (Lipinski definition) is 7. The molecule has 3 aromatic rings. The summed E-state index contributed by atoms with van der Waals surface area (Å²) in [6, 6.07) is 6.47. The SMILES string of the molecule is Cc1nc2cnc(Nc3ccc(S(C)(=O)=O)cc3)nc2n(C2CCCC2C)c1=O. The molecule has 1 aromatic carbocycles. The lowest BCUT2D eigenvalue weighted by Crippen LogP contribution is -2.30. The van der Waals surface area contributed by atoms with Crippen LogP contribution in [0.25, 0.3) is 11.2 Å². The zero-order valence-electron chi connectivity index (χ0n) is 16.6. The molecule has 0 amide bonds. The van der Waals surface area contributed by atoms with Crippen LogP contribution in [-0.4, -0.2) is 34.2 Å². The van der Waals surface area contributed by atoms with Gasteiger partial charge in [0.05, 0.1) is 11.1 Å². The topological polar surface area (TPSA) is 107 Å². The predicted molar refractivity (Wildman–Crippen MR) is 111 cm³/mol. The van der Waals surface area contributed by atoms with E-state index < -0.39 is 9.84 Å². The van der Waals surface area contributed by atoms with Crippen LogP contribution in [0, 0.1) is 12.8 Å². The zero-order chi connectivity index (χ0) is 20.8. The van der Waals surface area contributed by atoms with Crippen LogP contribution in [0.2, 0.25) is 0 Å². The Morgan fingerprint density at radius 2 is 1.86 bits per heavy atom. The predicted octanol–water partition coefficient (Wildman–Crippen LogP) is 3.00. The van der Waals surface area contributed by atoms with E-state index in [1.54, 1.807) is 29.8 Å². The van der Waals surface area contributed by atoms with Crippen molar-refractivity contribution in [3.05, 3.63) is 46.5 Å². The van der Waals surface area contributed by atoms with Crippen LogP contribution >= 0.6 is 0 Å². The first-order chi connectivity index (χ1) is 13.7. The molecule has 8 nitrogen and oxygen atoms in total. The highest BCUT2D eigenvalue weighted by molar-refractivity contribution is 7.90. The molecule has 9 heteroatoms. The van der Waals surface area contributed by atoms with E-state index in [4.69, 9.17) is 0 Å². The van der Waals surface area contributed by atoms with E-state index in [0.29, 0.717) is 34.4 Å². The van der Waals surface area contributed by atoms with E-state index >= 15 is 0 Å². The van der Waals surface area contributed by atoms with Crippen LogP contribution in [0.5, 0.6) is 0 Å². The fourth-order valence-corrected chi connectivity index (χ4v) is 4.54. The van der Waals surface area contributed by atoms with Crippen molar-refractivity contribution in [2.24, 2.45) is 5.92 Å². The van der Waals surface area contributed by atoms with E-state index in [1.165, 1.54) is 18.4 Å². The first-order valence-electron chi connectivity index (χ1n) is 9.57. The summed E-state index contributed by atoms with van der Waals surface area (Å²) in [5.74, 6) is 0.724. The monoisotopic (exact) mass is 413 g/mol. The number of rotatable bonds is 4. The lowest BCUT2D eigenvalue weighted by molar-refractivity contribution is 0.404. The summed E-state index contributed by atoms with van der Waals surface area (Å²) in [6.45, 7) is 3.88. The minimum absolute atomic E-state index is 0.100. The minimum Gasteiger partial charge on any atom is -0.324 e. The summed E-state index contributed by atoms with van der Waals surface area (Å²) in [7, 11) is -3.26. The third-order valence-electron chi connectivity index (χ3n) is 5.48. The molecule has 1 fully saturated rings. The molecule has 1 N–H and O–H groups in total. The maximum Gasteiger partial charge on any atom is 0.273 e. The van der Waals surface area contributed by atoms with Crippen LogP contribution < -0.4 is 10.9 Å². The minimum atomic E-state index is -3.26. The number of fused-ring (bicyclic) bond motifs is 1. The molecule has 152 valence electrons. The van der Waals surface area contributed by atoms with Gasteiger partial charge in [-0.15, -0.1) is 0 Å². The van der Waals surface area contributed by atoms with Crippen molar-refractivity contribution in [3.63, 3.8) is 0 Å². The summed E-state index contributed by atoms with van der Waals surface area (Å²) < 4.78 is 25.0. The second kappa shape index (κ2) is 7.22. The molecule has 0 aliphatic heterocycles. The molecule has 2 aromatic heterocycles. The van der Waals surface area contributed by atoms with Gasteiger partial charge in [0.25, 0.3) is 5.56 Å². The van der Waals surface area contributed by atoms with Crippen molar-refractivity contribution >= 4 is 32.6 Å². The van der Waals surface area contributed by atoms with E-state index in [9.17, 15) is 13.2 Å². The van der Waals surface area contributed by atoms with Gasteiger partial charge in [-0.2, -0.15) is 4.98 Å². The van der Waals surface area contributed by atoms with E-state index in [0.717, 1.165) is 19.3 Å². The first kappa shape index (κ1) is 19.5. The molecule has 1 saturated carbocycles. The van der Waals surface area contributed by atoms with Crippen molar-refractivity contribution in [2.45, 2.75) is 44.0 Å². The third-order valence-corrected chi connectivity index (χ3v) is 6.61. The van der Waals surface area contributed by atoms with Crippen LogP contribution in [0.3, 0.4) is 0 Å². The second-order valence-electron chi connectivity index (χ2n) is 7.67. The molecule has 2 unspecified atom stereocenters. The number of benzene rings is 1. The lowest BCUT2D eigenvalue weighted by atomic mass is 10.1. The van der Waals surface area contributed by atoms with Gasteiger partial charge in [0, 0.05) is 18.0 Å². The fourth-order valence-electron chi connectivity index (χ4n) is 3.91. The second-order valence-corrected chi connectivity index (χ2v) is 9.69. The smallest absolute Gasteiger partial charge is 0.273 e. The van der Waals surface area contributed by atoms with Crippen molar-refractivity contribution < 1.29 is 8.42 Å². The Hall–Kier alpha value is -2.81. The van der Waals surface area contributed by atoms with Crippen LogP contribution in [0.15, 0.2) is 40.2 Å². The number of hydrogen-bond donors (Lipinski definition) is 1. The van der Waals surface area contributed by atoms with Gasteiger partial charge in [0.2, 0.25) is 5.95 Å². The van der Waals surface area contributed by atoms with Gasteiger partial charge in [-0.25, -0.2) is 18.4 Å². The van der Waals surface area contributed by atoms with Crippen LogP contribution in [0.1, 0.15) is 37.9 Å². The van der Waals surface area contributed by atoms with Crippen molar-refractivity contribution in [3.8, 4) is 0 Å². The summed E-state index contributed by atoms with van der Waals surface area (Å²) in [4.78, 5) is 26.4. The molecule has 2 atom stereocenters. The zero-order valence-corrected chi connectivity index (χ0v) is 17.4. The number of sulfone groups is 1. The molecule has 1 aliphatic rings. The van der Waals surface area contributed by atoms with Gasteiger partial charge < -0.3 is 5.32 Å². The van der Waals surface area contributed by atoms with Gasteiger partial charge >= 0.3 is 0 Å². The van der Waals surface area contributed by atoms with Crippen molar-refractivity contribution in [2.75, 3.05) is 11.6 Å². The summed E-state index contributed by atoms with van der Waals surface area (Å²) in [6.07, 6.45) is 5.89. The third kappa shape index (κ3) is 3.74. The molecule has 0 radical (unpaired) electrons. The standard InChI is InChI=1S/C20H23N5O3S/c1-12-5-4-6-17(12)25-18-16(22-13(2)19(25)26)11-21-20(24-18)23-14-7-9-15(10-8-14)29(3,27)28/h7-12,17H,4-6H2,1-3H3,(H,21,23,24). The Morgan fingerprint density at radius 1 is 1.14 bits per heavy atom. The molecular weight excluding hydrogens is 390 g/mol. The Kier molecular flexibility index (Phi) is 4.85. The average Bonchev–Trinajstić information content (AvgIpc) is 3.08. The molecule has 1 aliphatic carbocycles. The van der Waals surface area contributed by atoms with Gasteiger partial charge in [0.15, 0.2) is 15.5 Å². The van der Waals surface area contributed by atoms with Crippen molar-refractivity contribution in [1.29, 1.82) is 0 Å². The normalized spacial score (nSPS) is 19.6. The highest BCUT2D eigenvalue weighted by Crippen LogP contribution is 2.35. The molecule has 4 rings (SSSR count). The Labute approximate surface area is 169 Å². The Morgan fingerprint density at radius 3 is 2.48 bits per heavy atom. The van der Waals surface area contributed by atoms with Gasteiger partial charge in [-0.05, 0) is 49.9 Å². The summed E-state index contributed by atoms with van der Waals surface area (Å²) >= 11 is 0. The number of aryl methyl sites for hydroxylation is 1. The molecule has 0 saturated heterocycles. The van der Waals surface area contributed by atoms with Crippen LogP contribution in [0.4, 0.5) is 11.6 Å². The van der Waals surface area contributed by atoms with E-state index in [-0.39, 0.29) is 16.5 Å². The molecule has 0 spiro atoms. The Bertz CT molecular complexity index is 1240. The summed E-state index contributed by atoms with van der Waals surface area (Å²) in [5.41, 5.74) is 2.08. The molecule has 2 heterocycles. The molecule has 0 bridgehead atoms. The quantitative estimate of drug-likeness (QED) is 0.700. The average molecular weight is 414 g/mol. The maximum absolute atomic E-state index is 12.9. The number of anilines is 2. The number of nitrogens with zero attached hydrogens (tertiary/aromatic N) is 4. The molecular formula is C20H23N5O3S. The van der Waals surface area contributed by atoms with Crippen molar-refractivity contribution in [1.82, 2.24) is 19.5 Å². The number of nitrogens with one attached hydrogen (secondary N) is 1. The summed E-state index contributed by atoms with van der Waals surface area (Å²) in [5, 5.41) is 3.08. The highest BCUT2D eigenvalue weighted by atomic mass is 32.2. The first-order valence-corrected chi connectivity index (χ1v) is 11.5. The van der Waals surface area contributed by atoms with Crippen LogP contribution in [-0.2, 0) is 9.84 Å². The maximum atomic E-state index is 12.9. The Balaban J connectivity index is 1.75. The highest BCUT2D eigenvalue weighted by Gasteiger charge is 2.28. The fraction of sp³-hybridized carbons (Fsp3) is 0.400. The number of aromatic nitrogens is 4. The lowest BCUT2D eigenvalue weighted by Gasteiger charge is -2.21.